The van der Waals surface area contributed by atoms with Crippen molar-refractivity contribution in [2.75, 3.05) is 6.61 Å². The molecule has 0 saturated heterocycles. The van der Waals surface area contributed by atoms with E-state index in [4.69, 9.17) is 9.84 Å². The van der Waals surface area contributed by atoms with Gasteiger partial charge in [-0.15, -0.1) is 0 Å². The number of rotatable bonds is 5. The van der Waals surface area contributed by atoms with Crippen LogP contribution >= 0.6 is 0 Å². The summed E-state index contributed by atoms with van der Waals surface area (Å²) in [6.07, 6.45) is 4.70. The van der Waals surface area contributed by atoms with Crippen molar-refractivity contribution >= 4 is 12.0 Å². The average molecular weight is 246 g/mol. The molecule has 96 valence electrons. The van der Waals surface area contributed by atoms with E-state index in [-0.39, 0.29) is 0 Å². The molecule has 3 nitrogen and oxygen atoms in total. The lowest BCUT2D eigenvalue weighted by molar-refractivity contribution is -0.131. The zero-order valence-electron chi connectivity index (χ0n) is 10.9. The maximum absolute atomic E-state index is 10.4. The second kappa shape index (κ2) is 6.64. The van der Waals surface area contributed by atoms with Crippen LogP contribution in [0.3, 0.4) is 0 Å². The van der Waals surface area contributed by atoms with Crippen LogP contribution in [0.15, 0.2) is 35.9 Å². The summed E-state index contributed by atoms with van der Waals surface area (Å²) >= 11 is 0. The highest BCUT2D eigenvalue weighted by atomic mass is 16.5. The molecule has 0 amide bonds. The minimum atomic E-state index is -0.948. The van der Waals surface area contributed by atoms with Crippen molar-refractivity contribution in [1.82, 2.24) is 0 Å². The molecule has 1 N–H and O–H groups in total. The Morgan fingerprint density at radius 2 is 2.11 bits per heavy atom. The lowest BCUT2D eigenvalue weighted by Gasteiger charge is -2.08. The number of hydrogen-bond acceptors (Lipinski definition) is 2. The summed E-state index contributed by atoms with van der Waals surface area (Å²) in [4.78, 5) is 10.4. The first kappa shape index (κ1) is 14.0. The van der Waals surface area contributed by atoms with E-state index in [2.05, 4.69) is 0 Å². The zero-order chi connectivity index (χ0) is 13.5. The highest BCUT2D eigenvalue weighted by Gasteiger charge is 1.99. The summed E-state index contributed by atoms with van der Waals surface area (Å²) in [5.74, 6) is -0.128. The molecule has 0 atom stereocenters. The Kier molecular flexibility index (Phi) is 5.18. The van der Waals surface area contributed by atoms with E-state index < -0.39 is 5.97 Å². The van der Waals surface area contributed by atoms with E-state index in [1.807, 2.05) is 45.0 Å². The van der Waals surface area contributed by atoms with Gasteiger partial charge >= 0.3 is 5.97 Å². The normalized spacial score (nSPS) is 10.4. The van der Waals surface area contributed by atoms with Crippen molar-refractivity contribution in [3.63, 3.8) is 0 Å². The summed E-state index contributed by atoms with van der Waals surface area (Å²) in [5, 5.41) is 8.55. The van der Waals surface area contributed by atoms with E-state index in [9.17, 15) is 4.79 Å². The smallest absolute Gasteiger partial charge is 0.328 e. The Hall–Kier alpha value is -2.03. The average Bonchev–Trinajstić information content (AvgIpc) is 2.28. The summed E-state index contributed by atoms with van der Waals surface area (Å²) < 4.78 is 5.61. The number of allylic oxidation sites excluding steroid dienone is 1. The molecule has 0 unspecified atom stereocenters. The van der Waals surface area contributed by atoms with Crippen molar-refractivity contribution < 1.29 is 14.6 Å². The standard InChI is InChI=1S/C15H18O3/c1-11(2)8-9-18-14-6-4-13(10-12(14)3)5-7-15(16)17/h4-8,10H,9H2,1-3H3,(H,16,17)/b7-5+. The second-order valence-corrected chi connectivity index (χ2v) is 4.29. The molecule has 1 aromatic rings. The van der Waals surface area contributed by atoms with E-state index in [1.165, 1.54) is 5.57 Å². The molecular weight excluding hydrogens is 228 g/mol. The molecule has 18 heavy (non-hydrogen) atoms. The Balaban J connectivity index is 2.73. The number of aliphatic carboxylic acids is 1. The van der Waals surface area contributed by atoms with Crippen LogP contribution in [0, 0.1) is 6.92 Å². The minimum absolute atomic E-state index is 0.549. The molecule has 1 rings (SSSR count). The van der Waals surface area contributed by atoms with Gasteiger partial charge in [0, 0.05) is 6.08 Å². The van der Waals surface area contributed by atoms with Crippen LogP contribution in [0.5, 0.6) is 5.75 Å². The van der Waals surface area contributed by atoms with Gasteiger partial charge in [-0.1, -0.05) is 11.6 Å². The van der Waals surface area contributed by atoms with Crippen LogP contribution in [0.25, 0.3) is 6.08 Å². The number of carboxylic acids is 1. The SMILES string of the molecule is CC(C)=CCOc1ccc(/C=C/C(=O)O)cc1C. The third kappa shape index (κ3) is 4.87. The van der Waals surface area contributed by atoms with E-state index in [1.54, 1.807) is 6.08 Å². The fourth-order valence-electron chi connectivity index (χ4n) is 1.40. The topological polar surface area (TPSA) is 46.5 Å². The third-order valence-corrected chi connectivity index (χ3v) is 2.35. The van der Waals surface area contributed by atoms with Crippen molar-refractivity contribution in [2.24, 2.45) is 0 Å². The molecule has 0 heterocycles. The largest absolute Gasteiger partial charge is 0.489 e. The van der Waals surface area contributed by atoms with Crippen LogP contribution < -0.4 is 4.74 Å². The molecule has 0 aliphatic heterocycles. The summed E-state index contributed by atoms with van der Waals surface area (Å²) in [7, 11) is 0. The molecule has 0 bridgehead atoms. The summed E-state index contributed by atoms with van der Waals surface area (Å²) in [5.41, 5.74) is 3.06. The lowest BCUT2D eigenvalue weighted by Crippen LogP contribution is -1.96. The second-order valence-electron chi connectivity index (χ2n) is 4.29. The quantitative estimate of drug-likeness (QED) is 0.639. The van der Waals surface area contributed by atoms with Crippen LogP contribution in [0.1, 0.15) is 25.0 Å². The minimum Gasteiger partial charge on any atom is -0.489 e. The molecule has 1 aromatic carbocycles. The van der Waals surface area contributed by atoms with Gasteiger partial charge < -0.3 is 9.84 Å². The molecule has 0 aliphatic rings. The maximum atomic E-state index is 10.4. The van der Waals surface area contributed by atoms with Crippen LogP contribution in [0.4, 0.5) is 0 Å². The van der Waals surface area contributed by atoms with Gasteiger partial charge in [0.05, 0.1) is 0 Å². The van der Waals surface area contributed by atoms with Gasteiger partial charge in [0.1, 0.15) is 12.4 Å². The number of carbonyl (C=O) groups is 1. The Morgan fingerprint density at radius 1 is 1.39 bits per heavy atom. The van der Waals surface area contributed by atoms with Crippen LogP contribution in [-0.4, -0.2) is 17.7 Å². The fourth-order valence-corrected chi connectivity index (χ4v) is 1.40. The van der Waals surface area contributed by atoms with Crippen molar-refractivity contribution in [3.8, 4) is 5.75 Å². The summed E-state index contributed by atoms with van der Waals surface area (Å²) in [6, 6.07) is 5.59. The van der Waals surface area contributed by atoms with Crippen molar-refractivity contribution in [3.05, 3.63) is 47.1 Å². The first-order chi connectivity index (χ1) is 8.49. The highest BCUT2D eigenvalue weighted by molar-refractivity contribution is 5.85. The van der Waals surface area contributed by atoms with E-state index >= 15 is 0 Å². The van der Waals surface area contributed by atoms with Gasteiger partial charge in [-0.2, -0.15) is 0 Å². The van der Waals surface area contributed by atoms with Crippen LogP contribution in [-0.2, 0) is 4.79 Å². The summed E-state index contributed by atoms with van der Waals surface area (Å²) in [6.45, 7) is 6.54. The predicted molar refractivity (Wildman–Crippen MR) is 72.8 cm³/mol. The Labute approximate surface area is 107 Å². The number of aryl methyl sites for hydroxylation is 1. The van der Waals surface area contributed by atoms with Gasteiger partial charge in [-0.05, 0) is 56.2 Å². The molecule has 0 aromatic heterocycles. The molecule has 0 saturated carbocycles. The fraction of sp³-hybridized carbons (Fsp3) is 0.267. The molecule has 0 radical (unpaired) electrons. The van der Waals surface area contributed by atoms with Crippen LogP contribution in [0.2, 0.25) is 0 Å². The third-order valence-electron chi connectivity index (χ3n) is 2.35. The van der Waals surface area contributed by atoms with Gasteiger partial charge in [0.25, 0.3) is 0 Å². The number of carboxylic acid groups (broad SMARTS) is 1. The lowest BCUT2D eigenvalue weighted by atomic mass is 10.1. The van der Waals surface area contributed by atoms with Gasteiger partial charge in [-0.25, -0.2) is 4.79 Å². The van der Waals surface area contributed by atoms with Crippen molar-refractivity contribution in [1.29, 1.82) is 0 Å². The Morgan fingerprint density at radius 3 is 2.67 bits per heavy atom. The van der Waals surface area contributed by atoms with Crippen molar-refractivity contribution in [2.45, 2.75) is 20.8 Å². The van der Waals surface area contributed by atoms with Gasteiger partial charge in [-0.3, -0.25) is 0 Å². The zero-order valence-corrected chi connectivity index (χ0v) is 10.9. The first-order valence-corrected chi connectivity index (χ1v) is 5.77. The molecule has 0 spiro atoms. The maximum Gasteiger partial charge on any atom is 0.328 e. The Bertz CT molecular complexity index is 481. The van der Waals surface area contributed by atoms with E-state index in [0.717, 1.165) is 23.0 Å². The first-order valence-electron chi connectivity index (χ1n) is 5.77. The molecule has 0 fully saturated rings. The highest BCUT2D eigenvalue weighted by Crippen LogP contribution is 2.20. The van der Waals surface area contributed by atoms with E-state index in [0.29, 0.717) is 6.61 Å². The van der Waals surface area contributed by atoms with Gasteiger partial charge in [0.15, 0.2) is 0 Å². The molecule has 0 aliphatic carbocycles. The number of ether oxygens (including phenoxy) is 1. The number of hydrogen-bond donors (Lipinski definition) is 1. The van der Waals surface area contributed by atoms with Gasteiger partial charge in [0.2, 0.25) is 0 Å². The molecular formula is C15H18O3. The molecule has 3 heteroatoms. The number of benzene rings is 1. The monoisotopic (exact) mass is 246 g/mol. The predicted octanol–water partition coefficient (Wildman–Crippen LogP) is 3.44.